The van der Waals surface area contributed by atoms with Gasteiger partial charge in [-0.3, -0.25) is 14.5 Å². The number of carbonyl (C=O) groups excluding carboxylic acids is 1. The zero-order valence-corrected chi connectivity index (χ0v) is 19.6. The minimum atomic E-state index is -4.05. The molecular formula is C23H25N5O5S. The molecule has 2 heterocycles. The molecule has 0 atom stereocenters. The fourth-order valence-electron chi connectivity index (χ4n) is 3.51. The first-order chi connectivity index (χ1) is 16.4. The smallest absolute Gasteiger partial charge is 0.275 e. The second-order valence-corrected chi connectivity index (χ2v) is 9.24. The van der Waals surface area contributed by atoms with Crippen molar-refractivity contribution in [3.8, 4) is 5.75 Å². The number of methoxy groups -OCH3 is 1. The van der Waals surface area contributed by atoms with Crippen LogP contribution in [0.2, 0.25) is 0 Å². The third-order valence-electron chi connectivity index (χ3n) is 5.22. The average molecular weight is 484 g/mol. The Morgan fingerprint density at radius 1 is 1.09 bits per heavy atom. The van der Waals surface area contributed by atoms with Crippen LogP contribution in [-0.2, 0) is 14.8 Å². The molecule has 0 spiro atoms. The number of aryl methyl sites for hydroxylation is 1. The van der Waals surface area contributed by atoms with Crippen molar-refractivity contribution in [1.82, 2.24) is 9.97 Å². The van der Waals surface area contributed by atoms with Gasteiger partial charge in [-0.05, 0) is 37.3 Å². The lowest BCUT2D eigenvalue weighted by Gasteiger charge is -2.30. The van der Waals surface area contributed by atoms with Crippen LogP contribution in [0.15, 0.2) is 59.8 Å². The number of benzene rings is 2. The summed E-state index contributed by atoms with van der Waals surface area (Å²) in [6.45, 7) is 3.84. The van der Waals surface area contributed by atoms with Crippen LogP contribution in [0.1, 0.15) is 16.2 Å². The zero-order valence-electron chi connectivity index (χ0n) is 18.8. The van der Waals surface area contributed by atoms with E-state index in [-0.39, 0.29) is 10.6 Å². The molecular weight excluding hydrogens is 458 g/mol. The molecule has 1 aliphatic rings. The van der Waals surface area contributed by atoms with E-state index < -0.39 is 15.9 Å². The summed E-state index contributed by atoms with van der Waals surface area (Å²) in [5.74, 6) is -0.103. The van der Waals surface area contributed by atoms with Crippen LogP contribution in [-0.4, -0.2) is 57.7 Å². The van der Waals surface area contributed by atoms with Gasteiger partial charge in [0.2, 0.25) is 0 Å². The van der Waals surface area contributed by atoms with Crippen LogP contribution in [0.3, 0.4) is 0 Å². The molecule has 4 rings (SSSR count). The average Bonchev–Trinajstić information content (AvgIpc) is 2.85. The Morgan fingerprint density at radius 2 is 1.85 bits per heavy atom. The van der Waals surface area contributed by atoms with E-state index in [1.165, 1.54) is 25.6 Å². The zero-order chi connectivity index (χ0) is 24.1. The number of amides is 1. The number of rotatable bonds is 7. The van der Waals surface area contributed by atoms with Gasteiger partial charge in [-0.1, -0.05) is 12.1 Å². The highest BCUT2D eigenvalue weighted by molar-refractivity contribution is 7.93. The van der Waals surface area contributed by atoms with Crippen molar-refractivity contribution in [1.29, 1.82) is 0 Å². The summed E-state index contributed by atoms with van der Waals surface area (Å²) in [4.78, 5) is 22.7. The fourth-order valence-corrected chi connectivity index (χ4v) is 4.83. The van der Waals surface area contributed by atoms with Gasteiger partial charge in [-0.25, -0.2) is 13.4 Å². The van der Waals surface area contributed by atoms with Crippen molar-refractivity contribution >= 4 is 33.0 Å². The molecule has 1 aliphatic heterocycles. The molecule has 11 heteroatoms. The molecule has 34 heavy (non-hydrogen) atoms. The first-order valence-electron chi connectivity index (χ1n) is 10.6. The van der Waals surface area contributed by atoms with Crippen LogP contribution in [0.4, 0.5) is 17.1 Å². The standard InChI is InChI=1S/C23H25N5O5S/c1-16-14-25-19(15-24-16)23(29)26-17-7-8-20(28-9-11-33-12-10-28)22(13-17)34(30,31)27-18-5-3-4-6-21(18)32-2/h3-8,13-15,27H,9-12H2,1-2H3,(H,26,29). The van der Waals surface area contributed by atoms with Gasteiger partial charge in [-0.15, -0.1) is 0 Å². The highest BCUT2D eigenvalue weighted by atomic mass is 32.2. The molecule has 0 unspecified atom stereocenters. The van der Waals surface area contributed by atoms with E-state index >= 15 is 0 Å². The summed E-state index contributed by atoms with van der Waals surface area (Å²) in [7, 11) is -2.58. The molecule has 178 valence electrons. The van der Waals surface area contributed by atoms with E-state index in [9.17, 15) is 13.2 Å². The number of sulfonamides is 1. The maximum absolute atomic E-state index is 13.5. The minimum absolute atomic E-state index is 0.0214. The van der Waals surface area contributed by atoms with E-state index in [4.69, 9.17) is 9.47 Å². The summed E-state index contributed by atoms with van der Waals surface area (Å²) >= 11 is 0. The minimum Gasteiger partial charge on any atom is -0.495 e. The number of nitrogens with zero attached hydrogens (tertiary/aromatic N) is 3. The Labute approximate surface area is 198 Å². The molecule has 0 bridgehead atoms. The highest BCUT2D eigenvalue weighted by Crippen LogP contribution is 2.33. The molecule has 3 aromatic rings. The van der Waals surface area contributed by atoms with Crippen molar-refractivity contribution in [3.05, 3.63) is 66.2 Å². The lowest BCUT2D eigenvalue weighted by atomic mass is 10.2. The predicted octanol–water partition coefficient (Wildman–Crippen LogP) is 2.68. The van der Waals surface area contributed by atoms with Gasteiger partial charge >= 0.3 is 0 Å². The van der Waals surface area contributed by atoms with Crippen molar-refractivity contribution in [3.63, 3.8) is 0 Å². The van der Waals surface area contributed by atoms with Crippen LogP contribution in [0.25, 0.3) is 0 Å². The van der Waals surface area contributed by atoms with E-state index in [1.807, 2.05) is 4.90 Å². The number of anilines is 3. The Morgan fingerprint density at radius 3 is 2.56 bits per heavy atom. The number of para-hydroxylation sites is 2. The van der Waals surface area contributed by atoms with Crippen molar-refractivity contribution < 1.29 is 22.7 Å². The van der Waals surface area contributed by atoms with Gasteiger partial charge in [0.15, 0.2) is 0 Å². The Balaban J connectivity index is 1.70. The van der Waals surface area contributed by atoms with E-state index in [2.05, 4.69) is 20.0 Å². The molecule has 0 radical (unpaired) electrons. The number of morpholine rings is 1. The fraction of sp³-hybridized carbons (Fsp3) is 0.261. The first kappa shape index (κ1) is 23.5. The molecule has 1 amide bonds. The third-order valence-corrected chi connectivity index (χ3v) is 6.62. The van der Waals surface area contributed by atoms with Gasteiger partial charge in [0.1, 0.15) is 16.3 Å². The number of hydrogen-bond donors (Lipinski definition) is 2. The van der Waals surface area contributed by atoms with E-state index in [1.54, 1.807) is 43.3 Å². The van der Waals surface area contributed by atoms with Gasteiger partial charge in [-0.2, -0.15) is 0 Å². The topological polar surface area (TPSA) is 123 Å². The van der Waals surface area contributed by atoms with Crippen LogP contribution in [0, 0.1) is 6.92 Å². The van der Waals surface area contributed by atoms with Gasteiger partial charge in [0, 0.05) is 25.0 Å². The molecule has 2 N–H and O–H groups in total. The van der Waals surface area contributed by atoms with Crippen molar-refractivity contribution in [2.75, 3.05) is 48.4 Å². The summed E-state index contributed by atoms with van der Waals surface area (Å²) in [5.41, 5.74) is 1.94. The Bertz CT molecular complexity index is 1280. The Kier molecular flexibility index (Phi) is 6.94. The lowest BCUT2D eigenvalue weighted by molar-refractivity contribution is 0.102. The molecule has 0 saturated carbocycles. The van der Waals surface area contributed by atoms with Crippen molar-refractivity contribution in [2.24, 2.45) is 0 Å². The predicted molar refractivity (Wildman–Crippen MR) is 128 cm³/mol. The van der Waals surface area contributed by atoms with Crippen LogP contribution in [0.5, 0.6) is 5.75 Å². The van der Waals surface area contributed by atoms with Gasteiger partial charge in [0.25, 0.3) is 15.9 Å². The summed E-state index contributed by atoms with van der Waals surface area (Å²) in [6.07, 6.45) is 2.86. The highest BCUT2D eigenvalue weighted by Gasteiger charge is 2.25. The number of hydrogen-bond acceptors (Lipinski definition) is 8. The normalized spacial score (nSPS) is 13.9. The lowest BCUT2D eigenvalue weighted by Crippen LogP contribution is -2.37. The first-order valence-corrected chi connectivity index (χ1v) is 12.1. The maximum Gasteiger partial charge on any atom is 0.275 e. The maximum atomic E-state index is 13.5. The van der Waals surface area contributed by atoms with Crippen molar-refractivity contribution in [2.45, 2.75) is 11.8 Å². The Hall–Kier alpha value is -3.70. The quantitative estimate of drug-likeness (QED) is 0.526. The van der Waals surface area contributed by atoms with E-state index in [0.717, 1.165) is 0 Å². The summed E-state index contributed by atoms with van der Waals surface area (Å²) in [6, 6.07) is 11.5. The second kappa shape index (κ2) is 10.1. The third kappa shape index (κ3) is 5.26. The van der Waals surface area contributed by atoms with Gasteiger partial charge in [0.05, 0.1) is 43.6 Å². The summed E-state index contributed by atoms with van der Waals surface area (Å²) < 4.78 is 40.3. The number of carbonyl (C=O) groups is 1. The SMILES string of the molecule is COc1ccccc1NS(=O)(=O)c1cc(NC(=O)c2cnc(C)cn2)ccc1N1CCOCC1. The summed E-state index contributed by atoms with van der Waals surface area (Å²) in [5, 5.41) is 2.71. The number of ether oxygens (including phenoxy) is 2. The molecule has 1 saturated heterocycles. The van der Waals surface area contributed by atoms with Crippen LogP contribution < -0.4 is 19.7 Å². The monoisotopic (exact) mass is 483 g/mol. The van der Waals surface area contributed by atoms with Gasteiger partial charge < -0.3 is 19.7 Å². The number of aromatic nitrogens is 2. The van der Waals surface area contributed by atoms with Crippen LogP contribution >= 0.6 is 0 Å². The number of nitrogens with one attached hydrogen (secondary N) is 2. The van der Waals surface area contributed by atoms with E-state index in [0.29, 0.717) is 54.8 Å². The second-order valence-electron chi connectivity index (χ2n) is 7.58. The molecule has 10 nitrogen and oxygen atoms in total. The molecule has 1 fully saturated rings. The molecule has 1 aromatic heterocycles. The largest absolute Gasteiger partial charge is 0.495 e. The molecule has 0 aliphatic carbocycles. The molecule has 2 aromatic carbocycles.